The molecule has 6 heteroatoms. The first-order chi connectivity index (χ1) is 12.2. The first-order valence-electron chi connectivity index (χ1n) is 8.20. The summed E-state index contributed by atoms with van der Waals surface area (Å²) in [4.78, 5) is 13.2. The number of nitrogens with zero attached hydrogens (tertiary/aromatic N) is 3. The molecule has 1 aromatic heterocycles. The fourth-order valence-electron chi connectivity index (χ4n) is 2.92. The molecule has 4 rings (SSSR count). The second-order valence-corrected chi connectivity index (χ2v) is 6.47. The van der Waals surface area contributed by atoms with E-state index < -0.39 is 0 Å². The zero-order chi connectivity index (χ0) is 17.2. The Hall–Kier alpha value is -2.57. The van der Waals surface area contributed by atoms with Crippen LogP contribution in [0.25, 0.3) is 5.69 Å². The topological polar surface area (TPSA) is 50.2 Å². The van der Waals surface area contributed by atoms with Crippen molar-refractivity contribution in [1.29, 1.82) is 0 Å². The second kappa shape index (κ2) is 6.74. The van der Waals surface area contributed by atoms with Gasteiger partial charge in [-0.15, -0.1) is 12.6 Å². The molecule has 25 heavy (non-hydrogen) atoms. The molecule has 5 nitrogen and oxygen atoms in total. The monoisotopic (exact) mass is 350 g/mol. The smallest absolute Gasteiger partial charge is 0.205 e. The molecule has 0 saturated heterocycles. The molecule has 2 aromatic rings. The van der Waals surface area contributed by atoms with Crippen LogP contribution in [0.4, 0.5) is 0 Å². The molecule has 1 aliphatic carbocycles. The van der Waals surface area contributed by atoms with E-state index in [4.69, 9.17) is 0 Å². The van der Waals surface area contributed by atoms with Crippen molar-refractivity contribution in [2.75, 3.05) is 0 Å². The predicted molar refractivity (Wildman–Crippen MR) is 100 cm³/mol. The molecule has 1 unspecified atom stereocenters. The van der Waals surface area contributed by atoms with Gasteiger partial charge in [0.2, 0.25) is 5.43 Å². The van der Waals surface area contributed by atoms with Gasteiger partial charge in [0.05, 0.1) is 17.4 Å². The average Bonchev–Trinajstić information content (AvgIpc) is 3.13. The van der Waals surface area contributed by atoms with Gasteiger partial charge in [0, 0.05) is 23.4 Å². The highest BCUT2D eigenvalue weighted by Crippen LogP contribution is 2.22. The maximum atomic E-state index is 12.3. The van der Waals surface area contributed by atoms with E-state index in [1.54, 1.807) is 16.9 Å². The number of aromatic nitrogens is 2. The van der Waals surface area contributed by atoms with Crippen LogP contribution in [0, 0.1) is 0 Å². The van der Waals surface area contributed by atoms with Crippen molar-refractivity contribution < 1.29 is 0 Å². The highest BCUT2D eigenvalue weighted by molar-refractivity contribution is 7.80. The summed E-state index contributed by atoms with van der Waals surface area (Å²) in [5.74, 6) is 0. The molecule has 126 valence electrons. The lowest BCUT2D eigenvalue weighted by molar-refractivity contribution is 0.343. The number of hydrogen-bond acceptors (Lipinski definition) is 5. The lowest BCUT2D eigenvalue weighted by atomic mass is 10.1. The van der Waals surface area contributed by atoms with Crippen LogP contribution in [0.15, 0.2) is 82.4 Å². The van der Waals surface area contributed by atoms with Crippen molar-refractivity contribution in [2.45, 2.75) is 23.8 Å². The van der Waals surface area contributed by atoms with Crippen molar-refractivity contribution in [3.8, 4) is 5.69 Å². The van der Waals surface area contributed by atoms with Crippen LogP contribution in [0.1, 0.15) is 24.6 Å². The van der Waals surface area contributed by atoms with E-state index in [2.05, 4.69) is 41.4 Å². The van der Waals surface area contributed by atoms with Gasteiger partial charge in [0.15, 0.2) is 0 Å². The van der Waals surface area contributed by atoms with Crippen LogP contribution in [-0.2, 0) is 0 Å². The molecule has 1 aliphatic heterocycles. The Morgan fingerprint density at radius 2 is 2.16 bits per heavy atom. The first kappa shape index (κ1) is 15.9. The summed E-state index contributed by atoms with van der Waals surface area (Å²) in [6, 6.07) is 8.95. The number of thiol groups is 1. The molecule has 1 N–H and O–H groups in total. The summed E-state index contributed by atoms with van der Waals surface area (Å²) in [7, 11) is 0. The van der Waals surface area contributed by atoms with E-state index in [0.717, 1.165) is 29.1 Å². The third kappa shape index (κ3) is 3.31. The zero-order valence-electron chi connectivity index (χ0n) is 13.5. The van der Waals surface area contributed by atoms with Gasteiger partial charge in [-0.2, -0.15) is 5.10 Å². The van der Waals surface area contributed by atoms with E-state index >= 15 is 0 Å². The average molecular weight is 350 g/mol. The molecule has 2 heterocycles. The Labute approximate surface area is 151 Å². The van der Waals surface area contributed by atoms with E-state index in [1.807, 2.05) is 41.6 Å². The third-order valence-corrected chi connectivity index (χ3v) is 4.46. The Balaban J connectivity index is 1.62. The van der Waals surface area contributed by atoms with Crippen LogP contribution in [-0.4, -0.2) is 14.8 Å². The molecule has 0 saturated carbocycles. The quantitative estimate of drug-likeness (QED) is 0.835. The number of hydrogen-bond donors (Lipinski definition) is 2. The summed E-state index contributed by atoms with van der Waals surface area (Å²) < 4.78 is 1.70. The Morgan fingerprint density at radius 1 is 1.24 bits per heavy atom. The number of benzene rings is 1. The van der Waals surface area contributed by atoms with E-state index in [-0.39, 0.29) is 11.5 Å². The number of nitrogens with one attached hydrogen (secondary N) is 1. The van der Waals surface area contributed by atoms with E-state index in [9.17, 15) is 4.79 Å². The predicted octanol–water partition coefficient (Wildman–Crippen LogP) is 3.13. The second-order valence-electron chi connectivity index (χ2n) is 5.96. The van der Waals surface area contributed by atoms with E-state index in [1.165, 1.54) is 0 Å². The maximum absolute atomic E-state index is 12.3. The van der Waals surface area contributed by atoms with Crippen molar-refractivity contribution in [2.24, 2.45) is 0 Å². The normalized spacial score (nSPS) is 19.3. The minimum Gasteiger partial charge on any atom is -0.288 e. The Kier molecular flexibility index (Phi) is 4.29. The molecule has 0 amide bonds. The SMILES string of the molecule is O=c1ccn(-c2cccc(S)c2)nc1C1C=CN(C2=CCCC=C2)N1. The van der Waals surface area contributed by atoms with Crippen LogP contribution >= 0.6 is 12.6 Å². The van der Waals surface area contributed by atoms with Gasteiger partial charge in [-0.25, -0.2) is 10.1 Å². The standard InChI is InChI=1S/C19H18N4OS/c24-18-10-12-23(15-7-4-8-16(25)13-15)21-19(18)17-9-11-22(20-17)14-5-2-1-3-6-14/h2,4-13,17,20,25H,1,3H2. The number of hydrazine groups is 1. The molecule has 0 radical (unpaired) electrons. The summed E-state index contributed by atoms with van der Waals surface area (Å²) in [6.45, 7) is 0. The van der Waals surface area contributed by atoms with Crippen LogP contribution < -0.4 is 10.9 Å². The number of allylic oxidation sites excluding steroid dienone is 3. The lowest BCUT2D eigenvalue weighted by Crippen LogP contribution is -2.33. The summed E-state index contributed by atoms with van der Waals surface area (Å²) >= 11 is 4.36. The molecule has 1 atom stereocenters. The summed E-state index contributed by atoms with van der Waals surface area (Å²) in [5, 5.41) is 6.48. The van der Waals surface area contributed by atoms with Gasteiger partial charge in [0.1, 0.15) is 5.69 Å². The fraction of sp³-hybridized carbons (Fsp3) is 0.158. The van der Waals surface area contributed by atoms with Gasteiger partial charge in [0.25, 0.3) is 0 Å². The van der Waals surface area contributed by atoms with Crippen molar-refractivity contribution in [3.63, 3.8) is 0 Å². The Morgan fingerprint density at radius 3 is 2.96 bits per heavy atom. The molecular weight excluding hydrogens is 332 g/mol. The Bertz CT molecular complexity index is 944. The van der Waals surface area contributed by atoms with Crippen molar-refractivity contribution in [3.05, 3.63) is 88.6 Å². The largest absolute Gasteiger partial charge is 0.288 e. The van der Waals surface area contributed by atoms with E-state index in [0.29, 0.717) is 5.69 Å². The van der Waals surface area contributed by atoms with Gasteiger partial charge in [-0.05, 0) is 43.2 Å². The van der Waals surface area contributed by atoms with Crippen LogP contribution in [0.3, 0.4) is 0 Å². The van der Waals surface area contributed by atoms with Gasteiger partial charge < -0.3 is 0 Å². The molecule has 2 aliphatic rings. The van der Waals surface area contributed by atoms with Crippen molar-refractivity contribution in [1.82, 2.24) is 20.2 Å². The van der Waals surface area contributed by atoms with Gasteiger partial charge >= 0.3 is 0 Å². The minimum absolute atomic E-state index is 0.0876. The highest BCUT2D eigenvalue weighted by atomic mass is 32.1. The molecule has 0 spiro atoms. The lowest BCUT2D eigenvalue weighted by Gasteiger charge is -2.22. The summed E-state index contributed by atoms with van der Waals surface area (Å²) in [5.41, 5.74) is 5.65. The summed E-state index contributed by atoms with van der Waals surface area (Å²) in [6.07, 6.45) is 14.1. The van der Waals surface area contributed by atoms with Crippen LogP contribution in [0.2, 0.25) is 0 Å². The fourth-order valence-corrected chi connectivity index (χ4v) is 3.13. The zero-order valence-corrected chi connectivity index (χ0v) is 14.4. The molecule has 1 aromatic carbocycles. The molecule has 0 bridgehead atoms. The molecular formula is C19H18N4OS. The van der Waals surface area contributed by atoms with Gasteiger partial charge in [-0.3, -0.25) is 9.80 Å². The van der Waals surface area contributed by atoms with Gasteiger partial charge in [-0.1, -0.05) is 18.2 Å². The van der Waals surface area contributed by atoms with Crippen molar-refractivity contribution >= 4 is 12.6 Å². The van der Waals surface area contributed by atoms with Crippen LogP contribution in [0.5, 0.6) is 0 Å². The molecule has 0 fully saturated rings. The minimum atomic E-state index is -0.254. The third-order valence-electron chi connectivity index (χ3n) is 4.18. The maximum Gasteiger partial charge on any atom is 0.205 e. The highest BCUT2D eigenvalue weighted by Gasteiger charge is 2.22. The number of rotatable bonds is 3. The first-order valence-corrected chi connectivity index (χ1v) is 8.65.